The Bertz CT molecular complexity index is 1510. The quantitative estimate of drug-likeness (QED) is 0.364. The zero-order chi connectivity index (χ0) is 22.2. The molecular weight excluding hydrogens is 427 g/mol. The van der Waals surface area contributed by atoms with E-state index in [-0.39, 0.29) is 11.3 Å². The van der Waals surface area contributed by atoms with Gasteiger partial charge in [-0.1, -0.05) is 47.7 Å². The first-order chi connectivity index (χ1) is 15.6. The summed E-state index contributed by atoms with van der Waals surface area (Å²) in [6.45, 7) is 2.00. The molecule has 8 heteroatoms. The molecule has 0 N–H and O–H groups in total. The number of aryl methyl sites for hydroxylation is 1. The molecule has 0 bridgehead atoms. The SMILES string of the molecule is COc1ccc(CSc2nnc3n(-c4ccc(C)cc4)c(=O)c4ccccc4n23)cc1F. The number of thioether (sulfide) groups is 1. The normalized spacial score (nSPS) is 11.3. The zero-order valence-electron chi connectivity index (χ0n) is 17.4. The van der Waals surface area contributed by atoms with E-state index in [0.717, 1.165) is 22.3 Å². The standard InChI is InChI=1S/C24H19FN4O2S/c1-15-7-10-17(11-8-15)28-22(30)18-5-3-4-6-20(18)29-23(28)26-27-24(29)32-14-16-9-12-21(31-2)19(25)13-16/h3-13H,14H2,1-2H3. The van der Waals surface area contributed by atoms with Crippen molar-refractivity contribution >= 4 is 28.4 Å². The molecule has 3 aromatic carbocycles. The van der Waals surface area contributed by atoms with Gasteiger partial charge in [0.1, 0.15) is 0 Å². The molecule has 0 atom stereocenters. The van der Waals surface area contributed by atoms with Crippen molar-refractivity contribution in [1.29, 1.82) is 0 Å². The number of hydrogen-bond donors (Lipinski definition) is 0. The molecular formula is C24H19FN4O2S. The topological polar surface area (TPSA) is 61.4 Å². The number of para-hydroxylation sites is 1. The van der Waals surface area contributed by atoms with Crippen LogP contribution < -0.4 is 10.3 Å². The third-order valence-electron chi connectivity index (χ3n) is 5.27. The molecule has 0 spiro atoms. The summed E-state index contributed by atoms with van der Waals surface area (Å²) >= 11 is 1.43. The minimum atomic E-state index is -0.407. The molecule has 0 aliphatic carbocycles. The molecule has 5 aromatic rings. The Kier molecular flexibility index (Phi) is 5.14. The van der Waals surface area contributed by atoms with Crippen LogP contribution in [0.25, 0.3) is 22.4 Å². The molecule has 2 aromatic heterocycles. The van der Waals surface area contributed by atoms with E-state index in [0.29, 0.717) is 22.1 Å². The van der Waals surface area contributed by atoms with Crippen LogP contribution >= 0.6 is 11.8 Å². The van der Waals surface area contributed by atoms with Gasteiger partial charge in [-0.05, 0) is 48.9 Å². The first kappa shape index (κ1) is 20.3. The number of methoxy groups -OCH3 is 1. The first-order valence-corrected chi connectivity index (χ1v) is 11.0. The Balaban J connectivity index is 1.64. The number of aromatic nitrogens is 4. The molecule has 0 saturated heterocycles. The van der Waals surface area contributed by atoms with Crippen LogP contribution in [0.1, 0.15) is 11.1 Å². The summed E-state index contributed by atoms with van der Waals surface area (Å²) in [4.78, 5) is 13.3. The lowest BCUT2D eigenvalue weighted by Crippen LogP contribution is -2.21. The third kappa shape index (κ3) is 3.42. The molecule has 160 valence electrons. The lowest BCUT2D eigenvalue weighted by Gasteiger charge is -2.11. The van der Waals surface area contributed by atoms with Crippen molar-refractivity contribution in [3.8, 4) is 11.4 Å². The Morgan fingerprint density at radius 2 is 1.81 bits per heavy atom. The lowest BCUT2D eigenvalue weighted by molar-refractivity contribution is 0.386. The van der Waals surface area contributed by atoms with E-state index in [9.17, 15) is 9.18 Å². The lowest BCUT2D eigenvalue weighted by atomic mass is 10.2. The average Bonchev–Trinajstić information content (AvgIpc) is 3.23. The monoisotopic (exact) mass is 446 g/mol. The predicted octanol–water partition coefficient (Wildman–Crippen LogP) is 4.78. The van der Waals surface area contributed by atoms with Crippen LogP contribution in [-0.2, 0) is 5.75 Å². The second-order valence-electron chi connectivity index (χ2n) is 7.37. The van der Waals surface area contributed by atoms with E-state index in [2.05, 4.69) is 10.2 Å². The number of fused-ring (bicyclic) bond motifs is 3. The Labute approximate surface area is 187 Å². The number of benzene rings is 3. The number of hydrogen-bond acceptors (Lipinski definition) is 5. The van der Waals surface area contributed by atoms with E-state index < -0.39 is 5.82 Å². The molecule has 5 rings (SSSR count). The van der Waals surface area contributed by atoms with Gasteiger partial charge in [-0.25, -0.2) is 8.96 Å². The van der Waals surface area contributed by atoms with Crippen molar-refractivity contribution in [3.05, 3.63) is 94.0 Å². The maximum Gasteiger partial charge on any atom is 0.267 e. The fraction of sp³-hybridized carbons (Fsp3) is 0.125. The maximum absolute atomic E-state index is 14.1. The zero-order valence-corrected chi connectivity index (χ0v) is 18.3. The van der Waals surface area contributed by atoms with Crippen LogP contribution in [0.2, 0.25) is 0 Å². The third-order valence-corrected chi connectivity index (χ3v) is 6.27. The van der Waals surface area contributed by atoms with E-state index in [1.807, 2.05) is 59.9 Å². The Hall–Kier alpha value is -3.65. The summed E-state index contributed by atoms with van der Waals surface area (Å²) in [6.07, 6.45) is 0. The van der Waals surface area contributed by atoms with Crippen molar-refractivity contribution in [2.24, 2.45) is 0 Å². The Morgan fingerprint density at radius 3 is 2.56 bits per heavy atom. The van der Waals surface area contributed by atoms with E-state index >= 15 is 0 Å². The highest BCUT2D eigenvalue weighted by Gasteiger charge is 2.18. The van der Waals surface area contributed by atoms with Gasteiger partial charge in [0.05, 0.1) is 23.7 Å². The summed E-state index contributed by atoms with van der Waals surface area (Å²) in [5, 5.41) is 9.89. The van der Waals surface area contributed by atoms with E-state index in [4.69, 9.17) is 4.74 Å². The van der Waals surface area contributed by atoms with E-state index in [1.54, 1.807) is 16.7 Å². The van der Waals surface area contributed by atoms with Crippen molar-refractivity contribution in [1.82, 2.24) is 19.2 Å². The highest BCUT2D eigenvalue weighted by atomic mass is 32.2. The second-order valence-corrected chi connectivity index (χ2v) is 8.31. The van der Waals surface area contributed by atoms with Crippen molar-refractivity contribution < 1.29 is 9.13 Å². The van der Waals surface area contributed by atoms with Crippen LogP contribution in [0.3, 0.4) is 0 Å². The summed E-state index contributed by atoms with van der Waals surface area (Å²) in [6, 6.07) is 20.0. The molecule has 0 aliphatic rings. The molecule has 0 radical (unpaired) electrons. The summed E-state index contributed by atoms with van der Waals surface area (Å²) < 4.78 is 22.5. The van der Waals surface area contributed by atoms with Gasteiger partial charge in [-0.15, -0.1) is 10.2 Å². The number of nitrogens with zero attached hydrogens (tertiary/aromatic N) is 4. The highest BCUT2D eigenvalue weighted by molar-refractivity contribution is 7.98. The van der Waals surface area contributed by atoms with E-state index in [1.165, 1.54) is 24.9 Å². The number of rotatable bonds is 5. The molecule has 0 aliphatic heterocycles. The van der Waals surface area contributed by atoms with Crippen LogP contribution in [0.4, 0.5) is 4.39 Å². The van der Waals surface area contributed by atoms with Gasteiger partial charge in [-0.3, -0.25) is 9.20 Å². The van der Waals surface area contributed by atoms with Crippen LogP contribution in [-0.4, -0.2) is 26.3 Å². The van der Waals surface area contributed by atoms with Crippen molar-refractivity contribution in [2.75, 3.05) is 7.11 Å². The smallest absolute Gasteiger partial charge is 0.267 e. The molecule has 32 heavy (non-hydrogen) atoms. The summed E-state index contributed by atoms with van der Waals surface area (Å²) in [5.74, 6) is 0.718. The van der Waals surface area contributed by atoms with Gasteiger partial charge in [-0.2, -0.15) is 0 Å². The van der Waals surface area contributed by atoms with Crippen LogP contribution in [0.15, 0.2) is 76.7 Å². The minimum absolute atomic E-state index is 0.155. The summed E-state index contributed by atoms with van der Waals surface area (Å²) in [5.41, 5.74) is 3.18. The molecule has 2 heterocycles. The van der Waals surface area contributed by atoms with Gasteiger partial charge in [0.2, 0.25) is 5.78 Å². The maximum atomic E-state index is 14.1. The minimum Gasteiger partial charge on any atom is -0.494 e. The fourth-order valence-electron chi connectivity index (χ4n) is 3.65. The van der Waals surface area contributed by atoms with Gasteiger partial charge >= 0.3 is 0 Å². The largest absolute Gasteiger partial charge is 0.494 e. The van der Waals surface area contributed by atoms with Crippen molar-refractivity contribution in [3.63, 3.8) is 0 Å². The summed E-state index contributed by atoms with van der Waals surface area (Å²) in [7, 11) is 1.44. The fourth-order valence-corrected chi connectivity index (χ4v) is 4.53. The van der Waals surface area contributed by atoms with Gasteiger partial charge < -0.3 is 4.74 Å². The second kappa shape index (κ2) is 8.12. The van der Waals surface area contributed by atoms with Crippen LogP contribution in [0.5, 0.6) is 5.75 Å². The molecule has 0 fully saturated rings. The number of halogens is 1. The Morgan fingerprint density at radius 1 is 1.03 bits per heavy atom. The molecule has 0 unspecified atom stereocenters. The molecule has 0 saturated carbocycles. The highest BCUT2D eigenvalue weighted by Crippen LogP contribution is 2.27. The first-order valence-electron chi connectivity index (χ1n) is 9.98. The van der Waals surface area contributed by atoms with Gasteiger partial charge in [0, 0.05) is 5.75 Å². The molecule has 6 nitrogen and oxygen atoms in total. The molecule has 0 amide bonds. The number of ether oxygens (including phenoxy) is 1. The van der Waals surface area contributed by atoms with Crippen molar-refractivity contribution in [2.45, 2.75) is 17.8 Å². The van der Waals surface area contributed by atoms with Crippen LogP contribution in [0, 0.1) is 12.7 Å². The predicted molar refractivity (Wildman–Crippen MR) is 123 cm³/mol. The average molecular weight is 447 g/mol. The van der Waals surface area contributed by atoms with Gasteiger partial charge in [0.15, 0.2) is 16.7 Å². The van der Waals surface area contributed by atoms with Gasteiger partial charge in [0.25, 0.3) is 5.56 Å².